The van der Waals surface area contributed by atoms with Crippen LogP contribution in [0.25, 0.3) is 16.9 Å². The van der Waals surface area contributed by atoms with E-state index in [0.717, 1.165) is 16.6 Å². The van der Waals surface area contributed by atoms with Crippen molar-refractivity contribution in [1.82, 2.24) is 14.5 Å². The predicted octanol–water partition coefficient (Wildman–Crippen LogP) is 2.05. The quantitative estimate of drug-likeness (QED) is 0.711. The van der Waals surface area contributed by atoms with Crippen LogP contribution >= 0.6 is 12.2 Å². The fourth-order valence-corrected chi connectivity index (χ4v) is 2.07. The zero-order chi connectivity index (χ0) is 12.5. The molecule has 2 heterocycles. The Balaban J connectivity index is 2.30. The average molecular weight is 254 g/mol. The largest absolute Gasteiger partial charge is 0.389 e. The number of aromatic nitrogens is 3. The Morgan fingerprint density at radius 2 is 1.94 bits per heavy atom. The number of nitrogens with zero attached hydrogens (tertiary/aromatic N) is 3. The maximum absolute atomic E-state index is 5.72. The van der Waals surface area contributed by atoms with Crippen molar-refractivity contribution in [2.24, 2.45) is 5.73 Å². The van der Waals surface area contributed by atoms with Gasteiger partial charge in [-0.1, -0.05) is 24.4 Å². The summed E-state index contributed by atoms with van der Waals surface area (Å²) in [6.45, 7) is 0. The molecule has 4 nitrogen and oxygen atoms in total. The molecule has 3 aromatic rings. The van der Waals surface area contributed by atoms with Crippen LogP contribution in [-0.4, -0.2) is 19.5 Å². The first kappa shape index (κ1) is 10.9. The van der Waals surface area contributed by atoms with Crippen LogP contribution in [0.4, 0.5) is 0 Å². The number of para-hydroxylation sites is 2. The van der Waals surface area contributed by atoms with Gasteiger partial charge in [0.1, 0.15) is 17.1 Å². The summed E-state index contributed by atoms with van der Waals surface area (Å²) >= 11 is 5.05. The van der Waals surface area contributed by atoms with E-state index in [2.05, 4.69) is 9.97 Å². The molecule has 0 fully saturated rings. The highest BCUT2D eigenvalue weighted by Gasteiger charge is 2.10. The van der Waals surface area contributed by atoms with Crippen LogP contribution in [-0.2, 0) is 0 Å². The van der Waals surface area contributed by atoms with Crippen molar-refractivity contribution in [3.05, 3.63) is 54.5 Å². The molecule has 0 saturated carbocycles. The van der Waals surface area contributed by atoms with Crippen molar-refractivity contribution >= 4 is 28.2 Å². The lowest BCUT2D eigenvalue weighted by molar-refractivity contribution is 1.02. The van der Waals surface area contributed by atoms with Gasteiger partial charge in [-0.15, -0.1) is 0 Å². The number of nitrogens with two attached hydrogens (primary N) is 1. The molecule has 0 aliphatic carbocycles. The number of fused-ring (bicyclic) bond motifs is 1. The maximum Gasteiger partial charge on any atom is 0.148 e. The summed E-state index contributed by atoms with van der Waals surface area (Å²) in [6, 6.07) is 11.5. The first-order valence-corrected chi connectivity index (χ1v) is 5.85. The minimum absolute atomic E-state index is 0.330. The van der Waals surface area contributed by atoms with E-state index < -0.39 is 0 Å². The van der Waals surface area contributed by atoms with Crippen molar-refractivity contribution in [3.63, 3.8) is 0 Å². The van der Waals surface area contributed by atoms with Gasteiger partial charge in [-0.25, -0.2) is 9.97 Å². The Kier molecular flexibility index (Phi) is 2.53. The van der Waals surface area contributed by atoms with Gasteiger partial charge < -0.3 is 5.73 Å². The summed E-state index contributed by atoms with van der Waals surface area (Å²) in [4.78, 5) is 9.01. The third kappa shape index (κ3) is 1.65. The Hall–Kier alpha value is -2.27. The first-order valence-electron chi connectivity index (χ1n) is 5.44. The van der Waals surface area contributed by atoms with Crippen molar-refractivity contribution in [3.8, 4) is 5.82 Å². The highest BCUT2D eigenvalue weighted by atomic mass is 32.1. The summed E-state index contributed by atoms with van der Waals surface area (Å²) in [5.74, 6) is 0.707. The zero-order valence-electron chi connectivity index (χ0n) is 9.45. The van der Waals surface area contributed by atoms with Crippen LogP contribution in [0, 0.1) is 0 Å². The predicted molar refractivity (Wildman–Crippen MR) is 74.8 cm³/mol. The molecular weight excluding hydrogens is 244 g/mol. The van der Waals surface area contributed by atoms with Crippen LogP contribution < -0.4 is 5.73 Å². The van der Waals surface area contributed by atoms with E-state index >= 15 is 0 Å². The molecule has 0 aliphatic heterocycles. The average Bonchev–Trinajstić information content (AvgIpc) is 2.82. The van der Waals surface area contributed by atoms with Crippen LogP contribution in [0.2, 0.25) is 0 Å². The van der Waals surface area contributed by atoms with Crippen molar-refractivity contribution < 1.29 is 0 Å². The van der Waals surface area contributed by atoms with Crippen molar-refractivity contribution in [1.29, 1.82) is 0 Å². The molecule has 0 unspecified atom stereocenters. The Bertz CT molecular complexity index is 732. The van der Waals surface area contributed by atoms with Crippen LogP contribution in [0.5, 0.6) is 0 Å². The second-order valence-corrected chi connectivity index (χ2v) is 4.28. The van der Waals surface area contributed by atoms with Gasteiger partial charge in [0.15, 0.2) is 0 Å². The fraction of sp³-hybridized carbons (Fsp3) is 0. The maximum atomic E-state index is 5.72. The summed E-state index contributed by atoms with van der Waals surface area (Å²) in [5.41, 5.74) is 8.36. The van der Waals surface area contributed by atoms with Gasteiger partial charge in [-0.05, 0) is 24.3 Å². The number of hydrogen-bond donors (Lipinski definition) is 1. The van der Waals surface area contributed by atoms with Crippen molar-refractivity contribution in [2.45, 2.75) is 0 Å². The number of benzene rings is 1. The van der Waals surface area contributed by atoms with Gasteiger partial charge in [0.25, 0.3) is 0 Å². The lowest BCUT2D eigenvalue weighted by atomic mass is 10.2. The molecular formula is C13H10N4S. The smallest absolute Gasteiger partial charge is 0.148 e. The monoisotopic (exact) mass is 254 g/mol. The number of thiocarbonyl (C=S) groups is 1. The van der Waals surface area contributed by atoms with Gasteiger partial charge in [-0.3, -0.25) is 4.57 Å². The van der Waals surface area contributed by atoms with Crippen LogP contribution in [0.15, 0.2) is 48.9 Å². The Morgan fingerprint density at radius 3 is 2.78 bits per heavy atom. The highest BCUT2D eigenvalue weighted by Crippen LogP contribution is 2.18. The molecule has 0 amide bonds. The summed E-state index contributed by atoms with van der Waals surface area (Å²) in [7, 11) is 0. The topological polar surface area (TPSA) is 56.7 Å². The summed E-state index contributed by atoms with van der Waals surface area (Å²) in [6.07, 6.45) is 3.45. The van der Waals surface area contributed by atoms with Gasteiger partial charge in [0, 0.05) is 6.20 Å². The molecule has 0 aliphatic rings. The number of pyridine rings is 1. The molecule has 0 bridgehead atoms. The lowest BCUT2D eigenvalue weighted by Crippen LogP contribution is -2.14. The zero-order valence-corrected chi connectivity index (χ0v) is 10.3. The van der Waals surface area contributed by atoms with Crippen molar-refractivity contribution in [2.75, 3.05) is 0 Å². The third-order valence-corrected chi connectivity index (χ3v) is 2.95. The molecule has 5 heteroatoms. The normalized spacial score (nSPS) is 10.7. The Morgan fingerprint density at radius 1 is 1.11 bits per heavy atom. The fourth-order valence-electron chi connectivity index (χ4n) is 1.91. The minimum Gasteiger partial charge on any atom is -0.389 e. The third-order valence-electron chi connectivity index (χ3n) is 2.73. The molecule has 0 atom stereocenters. The van der Waals surface area contributed by atoms with E-state index in [4.69, 9.17) is 18.0 Å². The second kappa shape index (κ2) is 4.19. The lowest BCUT2D eigenvalue weighted by Gasteiger charge is -2.08. The second-order valence-electron chi connectivity index (χ2n) is 3.84. The number of imidazole rings is 1. The van der Waals surface area contributed by atoms with E-state index in [0.29, 0.717) is 10.8 Å². The van der Waals surface area contributed by atoms with E-state index in [1.807, 2.05) is 41.0 Å². The first-order chi connectivity index (χ1) is 8.77. The van der Waals surface area contributed by atoms with E-state index in [1.165, 1.54) is 0 Å². The molecule has 18 heavy (non-hydrogen) atoms. The Labute approximate surface area is 109 Å². The molecule has 2 aromatic heterocycles. The van der Waals surface area contributed by atoms with Gasteiger partial charge >= 0.3 is 0 Å². The molecule has 0 saturated heterocycles. The van der Waals surface area contributed by atoms with Crippen LogP contribution in [0.3, 0.4) is 0 Å². The molecule has 3 rings (SSSR count). The van der Waals surface area contributed by atoms with E-state index in [9.17, 15) is 0 Å². The molecule has 0 spiro atoms. The number of rotatable bonds is 2. The molecule has 1 aromatic carbocycles. The summed E-state index contributed by atoms with van der Waals surface area (Å²) < 4.78 is 1.89. The molecule has 0 radical (unpaired) electrons. The van der Waals surface area contributed by atoms with E-state index in [1.54, 1.807) is 12.5 Å². The van der Waals surface area contributed by atoms with Gasteiger partial charge in [-0.2, -0.15) is 0 Å². The van der Waals surface area contributed by atoms with E-state index in [-0.39, 0.29) is 0 Å². The highest BCUT2D eigenvalue weighted by molar-refractivity contribution is 7.80. The standard InChI is InChI=1S/C13H10N4S/c14-12(18)9-4-3-7-15-13(9)17-8-16-10-5-1-2-6-11(10)17/h1-8H,(H2,14,18). The summed E-state index contributed by atoms with van der Waals surface area (Å²) in [5, 5.41) is 0. The minimum atomic E-state index is 0.330. The number of hydrogen-bond acceptors (Lipinski definition) is 3. The SMILES string of the molecule is NC(=S)c1cccnc1-n1cnc2ccccc21. The molecule has 88 valence electrons. The van der Waals surface area contributed by atoms with Gasteiger partial charge in [0.2, 0.25) is 0 Å². The van der Waals surface area contributed by atoms with Crippen LogP contribution in [0.1, 0.15) is 5.56 Å². The molecule has 2 N–H and O–H groups in total. The van der Waals surface area contributed by atoms with Gasteiger partial charge in [0.05, 0.1) is 16.6 Å².